The van der Waals surface area contributed by atoms with E-state index >= 15 is 0 Å². The van der Waals surface area contributed by atoms with Crippen molar-refractivity contribution in [3.63, 3.8) is 0 Å². The molecule has 0 atom stereocenters. The molecule has 2 heteroatoms. The lowest BCUT2D eigenvalue weighted by Crippen LogP contribution is -1.97. The highest BCUT2D eigenvalue weighted by Crippen LogP contribution is 2.33. The van der Waals surface area contributed by atoms with E-state index in [4.69, 9.17) is 4.74 Å². The van der Waals surface area contributed by atoms with Gasteiger partial charge in [0.05, 0.1) is 7.11 Å². The van der Waals surface area contributed by atoms with Gasteiger partial charge in [-0.3, -0.25) is 0 Å². The zero-order valence-electron chi connectivity index (χ0n) is 16.4. The molecule has 1 N–H and O–H groups in total. The first kappa shape index (κ1) is 20.6. The SMILES string of the molecule is CC.CN/C=C(C)\C(C)=C/Cc1cccc(-c2ccccc2)c1OC. The molecule has 0 saturated heterocycles. The van der Waals surface area contributed by atoms with Crippen molar-refractivity contribution in [3.05, 3.63) is 77.5 Å². The molecule has 0 amide bonds. The second-order valence-electron chi connectivity index (χ2n) is 5.57. The van der Waals surface area contributed by atoms with E-state index in [1.165, 1.54) is 22.3 Å². The first-order valence-corrected chi connectivity index (χ1v) is 8.89. The highest BCUT2D eigenvalue weighted by molar-refractivity contribution is 5.72. The summed E-state index contributed by atoms with van der Waals surface area (Å²) in [5.74, 6) is 0.956. The van der Waals surface area contributed by atoms with Gasteiger partial charge in [-0.1, -0.05) is 74.0 Å². The predicted octanol–water partition coefficient (Wildman–Crippen LogP) is 6.00. The molecule has 25 heavy (non-hydrogen) atoms. The van der Waals surface area contributed by atoms with Crippen LogP contribution in [0.2, 0.25) is 0 Å². The molecule has 134 valence electrons. The first-order valence-electron chi connectivity index (χ1n) is 8.89. The van der Waals surface area contributed by atoms with Crippen molar-refractivity contribution < 1.29 is 4.74 Å². The van der Waals surface area contributed by atoms with E-state index in [9.17, 15) is 0 Å². The zero-order valence-corrected chi connectivity index (χ0v) is 16.4. The third-order valence-electron chi connectivity index (χ3n) is 4.00. The lowest BCUT2D eigenvalue weighted by molar-refractivity contribution is 0.412. The molecule has 0 heterocycles. The molecule has 0 saturated carbocycles. The van der Waals surface area contributed by atoms with Crippen LogP contribution in [-0.2, 0) is 6.42 Å². The van der Waals surface area contributed by atoms with Crippen LogP contribution in [0.4, 0.5) is 0 Å². The molecular formula is C23H31NO. The smallest absolute Gasteiger partial charge is 0.130 e. The van der Waals surface area contributed by atoms with Gasteiger partial charge >= 0.3 is 0 Å². The summed E-state index contributed by atoms with van der Waals surface area (Å²) in [6, 6.07) is 16.7. The van der Waals surface area contributed by atoms with Crippen LogP contribution in [0.3, 0.4) is 0 Å². The Morgan fingerprint density at radius 3 is 2.24 bits per heavy atom. The van der Waals surface area contributed by atoms with Gasteiger partial charge in [-0.25, -0.2) is 0 Å². The number of methoxy groups -OCH3 is 1. The van der Waals surface area contributed by atoms with E-state index in [-0.39, 0.29) is 0 Å². The fourth-order valence-electron chi connectivity index (χ4n) is 2.59. The van der Waals surface area contributed by atoms with Crippen LogP contribution < -0.4 is 10.1 Å². The molecule has 2 nitrogen and oxygen atoms in total. The molecule has 0 spiro atoms. The summed E-state index contributed by atoms with van der Waals surface area (Å²) in [7, 11) is 3.66. The number of para-hydroxylation sites is 1. The summed E-state index contributed by atoms with van der Waals surface area (Å²) in [4.78, 5) is 0. The van der Waals surface area contributed by atoms with Crippen LogP contribution in [0, 0.1) is 0 Å². The molecule has 2 aromatic rings. The Labute approximate surface area is 153 Å². The van der Waals surface area contributed by atoms with Crippen LogP contribution in [-0.4, -0.2) is 14.2 Å². The Morgan fingerprint density at radius 2 is 1.64 bits per heavy atom. The van der Waals surface area contributed by atoms with Crippen molar-refractivity contribution in [2.24, 2.45) is 0 Å². The third kappa shape index (κ3) is 5.82. The number of allylic oxidation sites excluding steroid dienone is 3. The minimum atomic E-state index is 0.852. The number of rotatable bonds is 6. The first-order chi connectivity index (χ1) is 12.2. The molecule has 0 bridgehead atoms. The summed E-state index contributed by atoms with van der Waals surface area (Å²) in [6.07, 6.45) is 5.11. The van der Waals surface area contributed by atoms with E-state index in [0.717, 1.165) is 17.7 Å². The van der Waals surface area contributed by atoms with Gasteiger partial charge in [-0.15, -0.1) is 0 Å². The Morgan fingerprint density at radius 1 is 0.960 bits per heavy atom. The second kappa shape index (κ2) is 11.1. The molecule has 0 radical (unpaired) electrons. The maximum Gasteiger partial charge on any atom is 0.130 e. The van der Waals surface area contributed by atoms with Crippen LogP contribution in [0.1, 0.15) is 33.3 Å². The van der Waals surface area contributed by atoms with Gasteiger partial charge < -0.3 is 10.1 Å². The monoisotopic (exact) mass is 337 g/mol. The topological polar surface area (TPSA) is 21.3 Å². The maximum atomic E-state index is 5.71. The highest BCUT2D eigenvalue weighted by Gasteiger charge is 2.09. The van der Waals surface area contributed by atoms with E-state index in [1.54, 1.807) is 7.11 Å². The van der Waals surface area contributed by atoms with E-state index in [2.05, 4.69) is 67.7 Å². The molecular weight excluding hydrogens is 306 g/mol. The third-order valence-corrected chi connectivity index (χ3v) is 4.00. The summed E-state index contributed by atoms with van der Waals surface area (Å²) >= 11 is 0. The van der Waals surface area contributed by atoms with Gasteiger partial charge in [-0.2, -0.15) is 0 Å². The van der Waals surface area contributed by atoms with Crippen molar-refractivity contribution in [1.82, 2.24) is 5.32 Å². The molecule has 0 fully saturated rings. The van der Waals surface area contributed by atoms with Crippen LogP contribution >= 0.6 is 0 Å². The van der Waals surface area contributed by atoms with Crippen molar-refractivity contribution in [2.75, 3.05) is 14.2 Å². The molecule has 0 aliphatic carbocycles. The van der Waals surface area contributed by atoms with E-state index < -0.39 is 0 Å². The fraction of sp³-hybridized carbons (Fsp3) is 0.304. The number of hydrogen-bond acceptors (Lipinski definition) is 2. The molecule has 0 unspecified atom stereocenters. The summed E-state index contributed by atoms with van der Waals surface area (Å²) in [6.45, 7) is 8.25. The standard InChI is InChI=1S/C21H25NO.C2H6/c1-16(17(2)15-22-3)13-14-19-11-8-12-20(21(19)23-4)18-9-6-5-7-10-18;1-2/h5-13,15,22H,14H2,1-4H3;1-2H3/b16-13-,17-15-;. The lowest BCUT2D eigenvalue weighted by atomic mass is 9.98. The summed E-state index contributed by atoms with van der Waals surface area (Å²) < 4.78 is 5.71. The van der Waals surface area contributed by atoms with Crippen LogP contribution in [0.25, 0.3) is 11.1 Å². The van der Waals surface area contributed by atoms with Gasteiger partial charge in [0, 0.05) is 12.6 Å². The molecule has 0 aromatic heterocycles. The van der Waals surface area contributed by atoms with Crippen LogP contribution in [0.5, 0.6) is 5.75 Å². The largest absolute Gasteiger partial charge is 0.496 e. The average Bonchev–Trinajstić information content (AvgIpc) is 2.68. The second-order valence-corrected chi connectivity index (χ2v) is 5.57. The molecule has 2 aromatic carbocycles. The molecule has 0 aliphatic rings. The minimum Gasteiger partial charge on any atom is -0.496 e. The van der Waals surface area contributed by atoms with Gasteiger partial charge in [0.15, 0.2) is 0 Å². The number of nitrogens with one attached hydrogen (secondary N) is 1. The van der Waals surface area contributed by atoms with Gasteiger partial charge in [0.25, 0.3) is 0 Å². The minimum absolute atomic E-state index is 0.852. The van der Waals surface area contributed by atoms with Crippen molar-refractivity contribution in [3.8, 4) is 16.9 Å². The fourth-order valence-corrected chi connectivity index (χ4v) is 2.59. The number of benzene rings is 2. The van der Waals surface area contributed by atoms with Gasteiger partial charge in [-0.05, 0) is 43.2 Å². The predicted molar refractivity (Wildman–Crippen MR) is 110 cm³/mol. The van der Waals surface area contributed by atoms with Crippen molar-refractivity contribution >= 4 is 0 Å². The highest BCUT2D eigenvalue weighted by atomic mass is 16.5. The maximum absolute atomic E-state index is 5.71. The van der Waals surface area contributed by atoms with E-state index in [0.29, 0.717) is 0 Å². The van der Waals surface area contributed by atoms with E-state index in [1.807, 2.05) is 33.2 Å². The zero-order chi connectivity index (χ0) is 18.7. The lowest BCUT2D eigenvalue weighted by Gasteiger charge is -2.13. The van der Waals surface area contributed by atoms with Crippen molar-refractivity contribution in [1.29, 1.82) is 0 Å². The Hall–Kier alpha value is -2.48. The van der Waals surface area contributed by atoms with Crippen LogP contribution in [0.15, 0.2) is 72.0 Å². The number of hydrogen-bond donors (Lipinski definition) is 1. The number of ether oxygens (including phenoxy) is 1. The quantitative estimate of drug-likeness (QED) is 0.653. The normalized spacial score (nSPS) is 11.4. The summed E-state index contributed by atoms with van der Waals surface area (Å²) in [5.41, 5.74) is 6.03. The van der Waals surface area contributed by atoms with Gasteiger partial charge in [0.1, 0.15) is 5.75 Å². The Balaban J connectivity index is 0.00000151. The molecule has 0 aliphatic heterocycles. The average molecular weight is 338 g/mol. The summed E-state index contributed by atoms with van der Waals surface area (Å²) in [5, 5.41) is 3.07. The Kier molecular flexibility index (Phi) is 9.16. The Bertz CT molecular complexity index is 699. The van der Waals surface area contributed by atoms with Gasteiger partial charge in [0.2, 0.25) is 0 Å². The molecule has 2 rings (SSSR count). The van der Waals surface area contributed by atoms with Crippen molar-refractivity contribution in [2.45, 2.75) is 34.1 Å².